The molecule has 2 aromatic carbocycles. The van der Waals surface area contributed by atoms with E-state index in [1.54, 1.807) is 6.07 Å². The molecule has 0 fully saturated rings. The van der Waals surface area contributed by atoms with Crippen LogP contribution in [-0.4, -0.2) is 25.2 Å². The molecule has 0 saturated heterocycles. The van der Waals surface area contributed by atoms with E-state index >= 15 is 0 Å². The van der Waals surface area contributed by atoms with Crippen LogP contribution < -0.4 is 10.1 Å². The first kappa shape index (κ1) is 21.4. The van der Waals surface area contributed by atoms with Gasteiger partial charge in [0.25, 0.3) is 5.91 Å². The van der Waals surface area contributed by atoms with Crippen molar-refractivity contribution in [3.8, 4) is 11.5 Å². The van der Waals surface area contributed by atoms with Crippen LogP contribution in [-0.2, 0) is 22.9 Å². The van der Waals surface area contributed by atoms with E-state index in [2.05, 4.69) is 12.2 Å². The average molecular weight is 429 g/mol. The summed E-state index contributed by atoms with van der Waals surface area (Å²) in [5, 5.41) is 12.4. The second kappa shape index (κ2) is 9.04. The lowest BCUT2D eigenvalue weighted by molar-refractivity contribution is 0.0992. The highest BCUT2D eigenvalue weighted by Gasteiger charge is 2.17. The number of carbonyl (C=O) groups excluding carboxylic acids is 1. The van der Waals surface area contributed by atoms with Gasteiger partial charge in [0.2, 0.25) is 0 Å². The second-order valence-corrected chi connectivity index (χ2v) is 8.87. The first-order valence-corrected chi connectivity index (χ1v) is 11.1. The van der Waals surface area contributed by atoms with Gasteiger partial charge in [0, 0.05) is 0 Å². The number of rotatable bonds is 8. The molecule has 158 valence electrons. The van der Waals surface area contributed by atoms with Crippen LogP contribution >= 0.6 is 0 Å². The summed E-state index contributed by atoms with van der Waals surface area (Å²) in [5.74, 6) is 0.199. The van der Waals surface area contributed by atoms with Gasteiger partial charge in [-0.05, 0) is 54.4 Å². The van der Waals surface area contributed by atoms with E-state index < -0.39 is 15.7 Å². The Hall–Kier alpha value is -3.26. The number of ether oxygens (including phenoxy) is 1. The van der Waals surface area contributed by atoms with Gasteiger partial charge in [0.05, 0.1) is 16.3 Å². The molecule has 0 bridgehead atoms. The number of carbonyl (C=O) groups is 1. The maximum atomic E-state index is 12.4. The van der Waals surface area contributed by atoms with Crippen LogP contribution in [0.3, 0.4) is 0 Å². The number of hydrogen-bond acceptors (Lipinski definition) is 6. The van der Waals surface area contributed by atoms with Gasteiger partial charge in [0.1, 0.15) is 23.9 Å². The first-order chi connectivity index (χ1) is 14.3. The van der Waals surface area contributed by atoms with Crippen LogP contribution in [0.15, 0.2) is 63.9 Å². The Balaban J connectivity index is 1.67. The quantitative estimate of drug-likeness (QED) is 0.521. The fourth-order valence-corrected chi connectivity index (χ4v) is 3.62. The zero-order valence-electron chi connectivity index (χ0n) is 16.7. The minimum Gasteiger partial charge on any atom is -0.506 e. The largest absolute Gasteiger partial charge is 0.506 e. The lowest BCUT2D eigenvalue weighted by Gasteiger charge is -2.09. The number of aryl methyl sites for hydroxylation is 1. The lowest BCUT2D eigenvalue weighted by atomic mass is 10.2. The molecule has 0 saturated carbocycles. The van der Waals surface area contributed by atoms with Gasteiger partial charge in [-0.15, -0.1) is 0 Å². The lowest BCUT2D eigenvalue weighted by Crippen LogP contribution is -2.12. The monoisotopic (exact) mass is 429 g/mol. The minimum absolute atomic E-state index is 0.0121. The van der Waals surface area contributed by atoms with Crippen molar-refractivity contribution < 1.29 is 27.5 Å². The zero-order valence-corrected chi connectivity index (χ0v) is 17.5. The van der Waals surface area contributed by atoms with Crippen LogP contribution in [0.25, 0.3) is 0 Å². The predicted molar refractivity (Wildman–Crippen MR) is 113 cm³/mol. The normalized spacial score (nSPS) is 11.3. The molecule has 0 radical (unpaired) electrons. The molecule has 0 aliphatic heterocycles. The first-order valence-electron chi connectivity index (χ1n) is 9.50. The van der Waals surface area contributed by atoms with Gasteiger partial charge >= 0.3 is 0 Å². The number of nitrogens with one attached hydrogen (secondary N) is 1. The SMILES string of the molecule is CCc1ccc(OCc2ccc(C(=O)Nc3cc(S(=O)(=O)CC)ccc3O)o2)cc1. The minimum atomic E-state index is -3.47. The number of benzene rings is 2. The standard InChI is InChI=1S/C22H23NO6S/c1-3-15-5-7-16(8-6-15)28-14-17-9-12-21(29-17)22(25)23-19-13-18(10-11-20(19)24)30(26,27)4-2/h5-13,24H,3-4,14H2,1-2H3,(H,23,25). The molecular formula is C22H23NO6S. The van der Waals surface area contributed by atoms with Gasteiger partial charge in [-0.3, -0.25) is 4.79 Å². The van der Waals surface area contributed by atoms with E-state index in [0.29, 0.717) is 11.5 Å². The third kappa shape index (κ3) is 5.01. The third-order valence-electron chi connectivity index (χ3n) is 4.55. The summed E-state index contributed by atoms with van der Waals surface area (Å²) in [5.41, 5.74) is 1.19. The van der Waals surface area contributed by atoms with Crippen LogP contribution in [0.1, 0.15) is 35.7 Å². The summed E-state index contributed by atoms with van der Waals surface area (Å²) in [4.78, 5) is 12.5. The van der Waals surface area contributed by atoms with Crippen molar-refractivity contribution in [3.63, 3.8) is 0 Å². The number of hydrogen-bond donors (Lipinski definition) is 2. The maximum absolute atomic E-state index is 12.4. The van der Waals surface area contributed by atoms with E-state index in [0.717, 1.165) is 6.42 Å². The summed E-state index contributed by atoms with van der Waals surface area (Å²) >= 11 is 0. The van der Waals surface area contributed by atoms with E-state index in [1.165, 1.54) is 36.8 Å². The topological polar surface area (TPSA) is 106 Å². The van der Waals surface area contributed by atoms with Gasteiger partial charge < -0.3 is 19.6 Å². The van der Waals surface area contributed by atoms with Crippen LogP contribution in [0.2, 0.25) is 0 Å². The third-order valence-corrected chi connectivity index (χ3v) is 6.29. The highest BCUT2D eigenvalue weighted by atomic mass is 32.2. The Bertz CT molecular complexity index is 1130. The van der Waals surface area contributed by atoms with Crippen molar-refractivity contribution >= 4 is 21.4 Å². The van der Waals surface area contributed by atoms with Crippen molar-refractivity contribution in [2.75, 3.05) is 11.1 Å². The molecule has 0 unspecified atom stereocenters. The van der Waals surface area contributed by atoms with E-state index in [9.17, 15) is 18.3 Å². The van der Waals surface area contributed by atoms with Crippen LogP contribution in [0.5, 0.6) is 11.5 Å². The number of amides is 1. The highest BCUT2D eigenvalue weighted by Crippen LogP contribution is 2.27. The van der Waals surface area contributed by atoms with Crippen molar-refractivity contribution in [3.05, 3.63) is 71.7 Å². The van der Waals surface area contributed by atoms with Crippen molar-refractivity contribution in [1.29, 1.82) is 0 Å². The summed E-state index contributed by atoms with van der Waals surface area (Å²) in [6, 6.07) is 14.5. The van der Waals surface area contributed by atoms with Crippen molar-refractivity contribution in [1.82, 2.24) is 0 Å². The van der Waals surface area contributed by atoms with Gasteiger partial charge in [-0.2, -0.15) is 0 Å². The smallest absolute Gasteiger partial charge is 0.291 e. The molecular weight excluding hydrogens is 406 g/mol. The zero-order chi connectivity index (χ0) is 21.7. The molecule has 7 nitrogen and oxygen atoms in total. The van der Waals surface area contributed by atoms with Crippen molar-refractivity contribution in [2.24, 2.45) is 0 Å². The number of sulfone groups is 1. The Morgan fingerprint density at radius 1 is 1.07 bits per heavy atom. The Morgan fingerprint density at radius 2 is 1.80 bits per heavy atom. The number of phenols is 1. The molecule has 3 rings (SSSR count). The number of anilines is 1. The summed E-state index contributed by atoms with van der Waals surface area (Å²) in [6.07, 6.45) is 0.944. The number of aromatic hydroxyl groups is 1. The average Bonchev–Trinajstić information content (AvgIpc) is 3.23. The van der Waals surface area contributed by atoms with Crippen LogP contribution in [0, 0.1) is 0 Å². The Kier molecular flexibility index (Phi) is 6.47. The van der Waals surface area contributed by atoms with Crippen LogP contribution in [0.4, 0.5) is 5.69 Å². The summed E-state index contributed by atoms with van der Waals surface area (Å²) in [6.45, 7) is 3.74. The van der Waals surface area contributed by atoms with Gasteiger partial charge in [-0.25, -0.2) is 8.42 Å². The van der Waals surface area contributed by atoms with E-state index in [4.69, 9.17) is 9.15 Å². The van der Waals surface area contributed by atoms with Gasteiger partial charge in [-0.1, -0.05) is 26.0 Å². The Labute approximate surface area is 175 Å². The molecule has 2 N–H and O–H groups in total. The second-order valence-electron chi connectivity index (χ2n) is 6.59. The summed E-state index contributed by atoms with van der Waals surface area (Å²) in [7, 11) is -3.47. The van der Waals surface area contributed by atoms with Crippen molar-refractivity contribution in [2.45, 2.75) is 31.8 Å². The fourth-order valence-electron chi connectivity index (χ4n) is 2.71. The van der Waals surface area contributed by atoms with E-state index in [1.807, 2.05) is 24.3 Å². The number of furan rings is 1. The molecule has 1 aromatic heterocycles. The molecule has 0 spiro atoms. The highest BCUT2D eigenvalue weighted by molar-refractivity contribution is 7.91. The number of phenolic OH excluding ortho intramolecular Hbond substituents is 1. The Morgan fingerprint density at radius 3 is 2.47 bits per heavy atom. The van der Waals surface area contributed by atoms with E-state index in [-0.39, 0.29) is 34.5 Å². The molecule has 0 aliphatic rings. The summed E-state index contributed by atoms with van der Waals surface area (Å²) < 4.78 is 35.2. The van der Waals surface area contributed by atoms with Gasteiger partial charge in [0.15, 0.2) is 15.6 Å². The molecule has 1 heterocycles. The maximum Gasteiger partial charge on any atom is 0.291 e. The molecule has 1 amide bonds. The molecule has 0 aliphatic carbocycles. The predicted octanol–water partition coefficient (Wildman–Crippen LogP) is 4.17. The molecule has 8 heteroatoms. The molecule has 3 aromatic rings. The molecule has 0 atom stereocenters. The molecule has 30 heavy (non-hydrogen) atoms. The fraction of sp³-hybridized carbons (Fsp3) is 0.227.